The minimum absolute atomic E-state index is 0.174. The number of benzene rings is 3. The molecule has 4 aliphatic rings. The average Bonchev–Trinajstić information content (AvgIpc) is 3.75. The molecule has 1 aliphatic heterocycles. The number of anilines is 2. The molecule has 0 fully saturated rings. The molecule has 0 saturated heterocycles. The van der Waals surface area contributed by atoms with Gasteiger partial charge in [0.2, 0.25) is 0 Å². The van der Waals surface area contributed by atoms with Gasteiger partial charge in [-0.25, -0.2) is 0 Å². The summed E-state index contributed by atoms with van der Waals surface area (Å²) >= 11 is 0. The molecule has 0 radical (unpaired) electrons. The summed E-state index contributed by atoms with van der Waals surface area (Å²) in [6.45, 7) is 4.43. The van der Waals surface area contributed by atoms with Gasteiger partial charge in [-0.05, 0) is 166 Å². The smallest absolute Gasteiger partial charge is 0.0674 e. The van der Waals surface area contributed by atoms with E-state index in [0.717, 1.165) is 31.4 Å². The topological polar surface area (TPSA) is 59.7 Å². The summed E-state index contributed by atoms with van der Waals surface area (Å²) in [5.41, 5.74) is 23.9. The molecule has 56 heavy (non-hydrogen) atoms. The summed E-state index contributed by atoms with van der Waals surface area (Å²) in [7, 11) is 0. The molecule has 268 valence electrons. The molecule has 0 bridgehead atoms. The first-order valence-corrected chi connectivity index (χ1v) is 19.8. The molecule has 6 heteroatoms. The fraction of sp³-hybridized carbons (Fsp3) is 0.160. The van der Waals surface area contributed by atoms with Crippen LogP contribution in [0, 0.1) is 13.8 Å². The zero-order valence-electron chi connectivity index (χ0n) is 31.4. The van der Waals surface area contributed by atoms with E-state index < -0.39 is 0 Å². The van der Waals surface area contributed by atoms with Crippen LogP contribution in [-0.4, -0.2) is 30.5 Å². The van der Waals surface area contributed by atoms with Crippen molar-refractivity contribution < 1.29 is 0 Å². The van der Waals surface area contributed by atoms with Crippen LogP contribution >= 0.6 is 0 Å². The Hall–Kier alpha value is -6.66. The number of hydrogen-bond acceptors (Lipinski definition) is 5. The molecule has 3 aliphatic carbocycles. The minimum Gasteiger partial charge on any atom is -0.332 e. The molecule has 0 spiro atoms. The molecule has 3 aromatic carbocycles. The third-order valence-corrected chi connectivity index (χ3v) is 12.9. The van der Waals surface area contributed by atoms with E-state index in [-0.39, 0.29) is 12.0 Å². The maximum atomic E-state index is 4.68. The molecule has 0 N–H and O–H groups in total. The molecule has 6 nitrogen and oxygen atoms in total. The van der Waals surface area contributed by atoms with Gasteiger partial charge in [0.25, 0.3) is 0 Å². The average molecular weight is 723 g/mol. The van der Waals surface area contributed by atoms with E-state index in [2.05, 4.69) is 134 Å². The second-order valence-corrected chi connectivity index (χ2v) is 15.8. The van der Waals surface area contributed by atoms with Gasteiger partial charge >= 0.3 is 0 Å². The van der Waals surface area contributed by atoms with E-state index in [9.17, 15) is 0 Å². The molecular formula is C50H38N6. The van der Waals surface area contributed by atoms with Crippen LogP contribution in [0.5, 0.6) is 0 Å². The van der Waals surface area contributed by atoms with E-state index in [0.29, 0.717) is 0 Å². The number of fused-ring (bicyclic) bond motifs is 8. The fourth-order valence-electron chi connectivity index (χ4n) is 10.4. The molecular weight excluding hydrogens is 685 g/mol. The van der Waals surface area contributed by atoms with Gasteiger partial charge in [-0.3, -0.25) is 19.9 Å². The van der Waals surface area contributed by atoms with Crippen LogP contribution in [0.15, 0.2) is 135 Å². The zero-order chi connectivity index (χ0) is 37.1. The predicted molar refractivity (Wildman–Crippen MR) is 226 cm³/mol. The van der Waals surface area contributed by atoms with Gasteiger partial charge in [0, 0.05) is 59.6 Å². The number of hydrogen-bond donors (Lipinski definition) is 0. The van der Waals surface area contributed by atoms with E-state index in [4.69, 9.17) is 0 Å². The highest BCUT2D eigenvalue weighted by Gasteiger charge is 2.43. The van der Waals surface area contributed by atoms with E-state index in [1.165, 1.54) is 106 Å². The standard InChI is InChI=1S/C50H38N6/c1-29-11-17-53-27-45(29)55-43-9-5-33(31-13-19-51-20-14-31)23-39(43)41-25-35-4-8-38-48-36(3-7-37(47(35)48)49(41)55)26-42-40-24-34(32-15-21-52-22-16-32)6-10-44(40)56(50(38)42)46-28-54-18-12-30(46)2/h5-6,9-28,39,43H,3-4,7-8H2,1-2H3. The summed E-state index contributed by atoms with van der Waals surface area (Å²) in [5, 5.41) is 2.62. The molecule has 5 aromatic heterocycles. The van der Waals surface area contributed by atoms with Crippen molar-refractivity contribution in [2.75, 3.05) is 4.90 Å². The van der Waals surface area contributed by atoms with Gasteiger partial charge in [0.1, 0.15) is 0 Å². The lowest BCUT2D eigenvalue weighted by atomic mass is 9.72. The predicted octanol–water partition coefficient (Wildman–Crippen LogP) is 10.8. The first-order chi connectivity index (χ1) is 27.6. The largest absolute Gasteiger partial charge is 0.332 e. The highest BCUT2D eigenvalue weighted by Crippen LogP contribution is 2.57. The summed E-state index contributed by atoms with van der Waals surface area (Å²) in [6, 6.07) is 25.0. The fourth-order valence-corrected chi connectivity index (χ4v) is 10.4. The number of nitrogens with zero attached hydrogens (tertiary/aromatic N) is 6. The Kier molecular flexibility index (Phi) is 6.74. The van der Waals surface area contributed by atoms with Crippen LogP contribution in [-0.2, 0) is 25.7 Å². The number of aromatic nitrogens is 5. The van der Waals surface area contributed by atoms with E-state index in [1.807, 2.05) is 43.4 Å². The van der Waals surface area contributed by atoms with Gasteiger partial charge in [0.05, 0.1) is 40.8 Å². The Morgan fingerprint density at radius 2 is 1.25 bits per heavy atom. The van der Waals surface area contributed by atoms with Crippen LogP contribution in [0.25, 0.3) is 55.3 Å². The van der Waals surface area contributed by atoms with Crippen LogP contribution in [0.2, 0.25) is 0 Å². The zero-order valence-corrected chi connectivity index (χ0v) is 31.4. The van der Waals surface area contributed by atoms with Crippen molar-refractivity contribution in [3.63, 3.8) is 0 Å². The molecule has 2 atom stereocenters. The first-order valence-electron chi connectivity index (χ1n) is 19.8. The second-order valence-electron chi connectivity index (χ2n) is 15.8. The van der Waals surface area contributed by atoms with Gasteiger partial charge < -0.3 is 9.47 Å². The van der Waals surface area contributed by atoms with Gasteiger partial charge in [0.15, 0.2) is 0 Å². The first kappa shape index (κ1) is 31.7. The van der Waals surface area contributed by atoms with Crippen LogP contribution < -0.4 is 4.90 Å². The summed E-state index contributed by atoms with van der Waals surface area (Å²) in [6.07, 6.45) is 26.8. The molecule has 0 amide bonds. The Labute approximate surface area is 325 Å². The van der Waals surface area contributed by atoms with E-state index in [1.54, 1.807) is 0 Å². The lowest BCUT2D eigenvalue weighted by Crippen LogP contribution is -2.30. The van der Waals surface area contributed by atoms with Crippen LogP contribution in [0.1, 0.15) is 50.4 Å². The Balaban J connectivity index is 1.13. The Morgan fingerprint density at radius 1 is 0.589 bits per heavy atom. The summed E-state index contributed by atoms with van der Waals surface area (Å²) < 4.78 is 2.52. The molecule has 0 saturated carbocycles. The number of pyridine rings is 4. The molecule has 8 aromatic rings. The van der Waals surface area contributed by atoms with Crippen LogP contribution in [0.4, 0.5) is 11.4 Å². The summed E-state index contributed by atoms with van der Waals surface area (Å²) in [5.74, 6) is 0.232. The van der Waals surface area contributed by atoms with Gasteiger partial charge in [-0.15, -0.1) is 0 Å². The van der Waals surface area contributed by atoms with Gasteiger partial charge in [-0.1, -0.05) is 30.4 Å². The van der Waals surface area contributed by atoms with Crippen molar-refractivity contribution in [3.8, 4) is 27.9 Å². The van der Waals surface area contributed by atoms with Crippen molar-refractivity contribution in [1.82, 2.24) is 24.5 Å². The minimum atomic E-state index is 0.174. The quantitative estimate of drug-likeness (QED) is 0.181. The normalized spacial score (nSPS) is 17.5. The maximum absolute atomic E-state index is 4.68. The molecule has 2 unspecified atom stereocenters. The van der Waals surface area contributed by atoms with Crippen molar-refractivity contribution in [3.05, 3.63) is 179 Å². The van der Waals surface area contributed by atoms with Crippen LogP contribution in [0.3, 0.4) is 0 Å². The van der Waals surface area contributed by atoms with Gasteiger partial charge in [-0.2, -0.15) is 0 Å². The Bertz CT molecular complexity index is 3010. The third-order valence-electron chi connectivity index (χ3n) is 12.9. The van der Waals surface area contributed by atoms with E-state index >= 15 is 0 Å². The monoisotopic (exact) mass is 722 g/mol. The van der Waals surface area contributed by atoms with Crippen molar-refractivity contribution in [2.24, 2.45) is 0 Å². The Morgan fingerprint density at radius 3 is 2.00 bits per heavy atom. The van der Waals surface area contributed by atoms with Crippen molar-refractivity contribution in [2.45, 2.75) is 51.5 Å². The lowest BCUT2D eigenvalue weighted by molar-refractivity contribution is 0.743. The maximum Gasteiger partial charge on any atom is 0.0674 e. The molecule has 12 rings (SSSR count). The summed E-state index contributed by atoms with van der Waals surface area (Å²) in [4.78, 5) is 20.6. The number of rotatable bonds is 4. The van der Waals surface area contributed by atoms with Crippen molar-refractivity contribution >= 4 is 38.8 Å². The second kappa shape index (κ2) is 11.9. The SMILES string of the molecule is Cc1ccncc1N1c2c(cc3c4c2CCc2cc5c6cc(-c7ccncc7)ccc6n(-c6cnccc6C)c5c(c2-4)CC3)C2C=C(c3ccncc3)C=CC21. The third kappa shape index (κ3) is 4.44. The number of allylic oxidation sites excluding steroid dienone is 2. The lowest BCUT2D eigenvalue weighted by Gasteiger charge is -2.35. The highest BCUT2D eigenvalue weighted by molar-refractivity contribution is 6.14. The molecule has 6 heterocycles. The highest BCUT2D eigenvalue weighted by atomic mass is 15.2. The number of aryl methyl sites for hydroxylation is 5. The van der Waals surface area contributed by atoms with Crippen molar-refractivity contribution in [1.29, 1.82) is 0 Å².